The third-order valence-corrected chi connectivity index (χ3v) is 2.03. The quantitative estimate of drug-likeness (QED) is 0.789. The zero-order valence-corrected chi connectivity index (χ0v) is 8.53. The summed E-state index contributed by atoms with van der Waals surface area (Å²) in [5, 5.41) is 11.3. The fraction of sp³-hybridized carbons (Fsp3) is 0.364. The Bertz CT molecular complexity index is 341. The van der Waals surface area contributed by atoms with E-state index in [1.165, 1.54) is 18.2 Å². The molecule has 82 valence electrons. The second kappa shape index (κ2) is 5.46. The molecule has 1 rings (SSSR count). The molecule has 0 radical (unpaired) electrons. The van der Waals surface area contributed by atoms with Gasteiger partial charge < -0.3 is 10.4 Å². The minimum atomic E-state index is -0.433. The standard InChI is InChI=1S/C11H14FNO2/c1-8(5-6-14)13-11(15)9-3-2-4-10(12)7-9/h2-4,7-8,14H,5-6H2,1H3,(H,13,15). The monoisotopic (exact) mass is 211 g/mol. The lowest BCUT2D eigenvalue weighted by molar-refractivity contribution is 0.0934. The van der Waals surface area contributed by atoms with E-state index in [4.69, 9.17) is 5.11 Å². The number of halogens is 1. The molecule has 1 atom stereocenters. The number of amides is 1. The molecule has 15 heavy (non-hydrogen) atoms. The summed E-state index contributed by atoms with van der Waals surface area (Å²) in [5.41, 5.74) is 0.291. The van der Waals surface area contributed by atoms with Gasteiger partial charge in [0, 0.05) is 18.2 Å². The molecule has 0 aliphatic rings. The van der Waals surface area contributed by atoms with Gasteiger partial charge in [-0.1, -0.05) is 6.07 Å². The van der Waals surface area contributed by atoms with Gasteiger partial charge in [-0.25, -0.2) is 4.39 Å². The minimum Gasteiger partial charge on any atom is -0.396 e. The van der Waals surface area contributed by atoms with E-state index in [-0.39, 0.29) is 18.6 Å². The van der Waals surface area contributed by atoms with Gasteiger partial charge in [-0.2, -0.15) is 0 Å². The van der Waals surface area contributed by atoms with Gasteiger partial charge >= 0.3 is 0 Å². The van der Waals surface area contributed by atoms with Crippen molar-refractivity contribution in [1.82, 2.24) is 5.32 Å². The van der Waals surface area contributed by atoms with Crippen LogP contribution < -0.4 is 5.32 Å². The maximum Gasteiger partial charge on any atom is 0.251 e. The number of nitrogens with one attached hydrogen (secondary N) is 1. The highest BCUT2D eigenvalue weighted by molar-refractivity contribution is 5.94. The zero-order valence-electron chi connectivity index (χ0n) is 8.53. The van der Waals surface area contributed by atoms with E-state index in [0.29, 0.717) is 12.0 Å². The molecule has 1 amide bonds. The highest BCUT2D eigenvalue weighted by Gasteiger charge is 2.09. The van der Waals surface area contributed by atoms with Crippen molar-refractivity contribution in [3.63, 3.8) is 0 Å². The summed E-state index contributed by atoms with van der Waals surface area (Å²) in [6.07, 6.45) is 0.487. The van der Waals surface area contributed by atoms with Gasteiger partial charge in [0.15, 0.2) is 0 Å². The summed E-state index contributed by atoms with van der Waals surface area (Å²) in [6.45, 7) is 1.80. The summed E-state index contributed by atoms with van der Waals surface area (Å²) in [7, 11) is 0. The maximum absolute atomic E-state index is 12.8. The number of hydrogen-bond donors (Lipinski definition) is 2. The van der Waals surface area contributed by atoms with Crippen LogP contribution in [0.25, 0.3) is 0 Å². The van der Waals surface area contributed by atoms with Crippen LogP contribution in [0.3, 0.4) is 0 Å². The number of rotatable bonds is 4. The Labute approximate surface area is 87.9 Å². The van der Waals surface area contributed by atoms with Gasteiger partial charge in [-0.3, -0.25) is 4.79 Å². The molecule has 2 N–H and O–H groups in total. The summed E-state index contributed by atoms with van der Waals surface area (Å²) < 4.78 is 12.8. The van der Waals surface area contributed by atoms with Crippen molar-refractivity contribution in [2.75, 3.05) is 6.61 Å². The second-order valence-electron chi connectivity index (χ2n) is 3.40. The van der Waals surface area contributed by atoms with E-state index in [1.54, 1.807) is 13.0 Å². The van der Waals surface area contributed by atoms with E-state index in [0.717, 1.165) is 0 Å². The minimum absolute atomic E-state index is 0.0184. The fourth-order valence-electron chi connectivity index (χ4n) is 1.20. The van der Waals surface area contributed by atoms with Crippen molar-refractivity contribution < 1.29 is 14.3 Å². The summed E-state index contributed by atoms with van der Waals surface area (Å²) >= 11 is 0. The van der Waals surface area contributed by atoms with Crippen LogP contribution in [-0.4, -0.2) is 23.7 Å². The molecule has 1 unspecified atom stereocenters. The lowest BCUT2D eigenvalue weighted by Gasteiger charge is -2.12. The number of carbonyl (C=O) groups is 1. The Morgan fingerprint density at radius 2 is 2.33 bits per heavy atom. The van der Waals surface area contributed by atoms with Crippen LogP contribution in [0.1, 0.15) is 23.7 Å². The van der Waals surface area contributed by atoms with E-state index < -0.39 is 5.82 Å². The van der Waals surface area contributed by atoms with Gasteiger partial charge in [-0.05, 0) is 31.5 Å². The molecular formula is C11H14FNO2. The molecule has 4 heteroatoms. The molecule has 1 aromatic rings. The molecule has 1 aromatic carbocycles. The van der Waals surface area contributed by atoms with Crippen LogP contribution >= 0.6 is 0 Å². The van der Waals surface area contributed by atoms with Crippen LogP contribution in [0.15, 0.2) is 24.3 Å². The molecule has 0 spiro atoms. The fourth-order valence-corrected chi connectivity index (χ4v) is 1.20. The molecule has 0 heterocycles. The Hall–Kier alpha value is -1.42. The lowest BCUT2D eigenvalue weighted by Crippen LogP contribution is -2.33. The van der Waals surface area contributed by atoms with E-state index in [1.807, 2.05) is 0 Å². The van der Waals surface area contributed by atoms with Gasteiger partial charge in [0.2, 0.25) is 0 Å². The van der Waals surface area contributed by atoms with Crippen LogP contribution in [0.2, 0.25) is 0 Å². The van der Waals surface area contributed by atoms with Crippen LogP contribution in [0.4, 0.5) is 4.39 Å². The van der Waals surface area contributed by atoms with Crippen LogP contribution in [0.5, 0.6) is 0 Å². The molecule has 0 aliphatic heterocycles. The number of benzene rings is 1. The average molecular weight is 211 g/mol. The van der Waals surface area contributed by atoms with Crippen molar-refractivity contribution in [3.8, 4) is 0 Å². The zero-order chi connectivity index (χ0) is 11.3. The van der Waals surface area contributed by atoms with Crippen molar-refractivity contribution in [2.45, 2.75) is 19.4 Å². The van der Waals surface area contributed by atoms with E-state index in [2.05, 4.69) is 5.32 Å². The Morgan fingerprint density at radius 1 is 1.60 bits per heavy atom. The number of carbonyl (C=O) groups excluding carboxylic acids is 1. The highest BCUT2D eigenvalue weighted by atomic mass is 19.1. The maximum atomic E-state index is 12.8. The highest BCUT2D eigenvalue weighted by Crippen LogP contribution is 2.04. The van der Waals surface area contributed by atoms with E-state index >= 15 is 0 Å². The molecule has 0 saturated carbocycles. The number of hydrogen-bond acceptors (Lipinski definition) is 2. The summed E-state index contributed by atoms with van der Waals surface area (Å²) in [4.78, 5) is 11.5. The van der Waals surface area contributed by atoms with Crippen molar-refractivity contribution in [1.29, 1.82) is 0 Å². The van der Waals surface area contributed by atoms with Crippen LogP contribution in [0, 0.1) is 5.82 Å². The summed E-state index contributed by atoms with van der Waals surface area (Å²) in [5.74, 6) is -0.757. The SMILES string of the molecule is CC(CCO)NC(=O)c1cccc(F)c1. The van der Waals surface area contributed by atoms with Gasteiger partial charge in [-0.15, -0.1) is 0 Å². The Morgan fingerprint density at radius 3 is 2.93 bits per heavy atom. The van der Waals surface area contributed by atoms with E-state index in [9.17, 15) is 9.18 Å². The van der Waals surface area contributed by atoms with Gasteiger partial charge in [0.05, 0.1) is 0 Å². The Balaban J connectivity index is 2.61. The second-order valence-corrected chi connectivity index (χ2v) is 3.40. The topological polar surface area (TPSA) is 49.3 Å². The van der Waals surface area contributed by atoms with Crippen molar-refractivity contribution >= 4 is 5.91 Å². The smallest absolute Gasteiger partial charge is 0.251 e. The third kappa shape index (κ3) is 3.67. The van der Waals surface area contributed by atoms with Crippen molar-refractivity contribution in [3.05, 3.63) is 35.6 Å². The van der Waals surface area contributed by atoms with Crippen LogP contribution in [-0.2, 0) is 0 Å². The van der Waals surface area contributed by atoms with Crippen molar-refractivity contribution in [2.24, 2.45) is 0 Å². The molecular weight excluding hydrogens is 197 g/mol. The summed E-state index contributed by atoms with van der Waals surface area (Å²) in [6, 6.07) is 5.38. The molecule has 3 nitrogen and oxygen atoms in total. The molecule has 0 fully saturated rings. The number of aliphatic hydroxyl groups excluding tert-OH is 1. The molecule has 0 saturated heterocycles. The molecule has 0 bridgehead atoms. The third-order valence-electron chi connectivity index (χ3n) is 2.03. The normalized spacial score (nSPS) is 12.2. The lowest BCUT2D eigenvalue weighted by atomic mass is 10.2. The largest absolute Gasteiger partial charge is 0.396 e. The predicted molar refractivity (Wildman–Crippen MR) is 55.0 cm³/mol. The Kier molecular flexibility index (Phi) is 4.24. The first-order valence-corrected chi connectivity index (χ1v) is 4.80. The van der Waals surface area contributed by atoms with Gasteiger partial charge in [0.1, 0.15) is 5.82 Å². The first-order chi connectivity index (χ1) is 7.13. The average Bonchev–Trinajstić information content (AvgIpc) is 2.18. The van der Waals surface area contributed by atoms with Gasteiger partial charge in [0.25, 0.3) is 5.91 Å². The first-order valence-electron chi connectivity index (χ1n) is 4.80. The molecule has 0 aliphatic carbocycles. The number of aliphatic hydroxyl groups is 1. The molecule has 0 aromatic heterocycles. The first kappa shape index (κ1) is 11.7. The predicted octanol–water partition coefficient (Wildman–Crippen LogP) is 1.33.